The number of ether oxygens (including phenoxy) is 1. The first kappa shape index (κ1) is 17.7. The molecule has 0 fully saturated rings. The van der Waals surface area contributed by atoms with Gasteiger partial charge in [-0.1, -0.05) is 0 Å². The van der Waals surface area contributed by atoms with Crippen LogP contribution < -0.4 is 5.32 Å². The van der Waals surface area contributed by atoms with Crippen LogP contribution in [-0.2, 0) is 16.0 Å². The summed E-state index contributed by atoms with van der Waals surface area (Å²) in [6.07, 6.45) is -1.71. The molecule has 3 N–H and O–H groups in total. The van der Waals surface area contributed by atoms with Crippen LogP contribution in [0.1, 0.15) is 26.3 Å². The molecule has 8 heteroatoms. The lowest BCUT2D eigenvalue weighted by molar-refractivity contribution is -0.139. The van der Waals surface area contributed by atoms with Crippen molar-refractivity contribution in [3.63, 3.8) is 0 Å². The van der Waals surface area contributed by atoms with Gasteiger partial charge in [-0.15, -0.1) is 0 Å². The van der Waals surface area contributed by atoms with Crippen LogP contribution in [0.2, 0.25) is 0 Å². The van der Waals surface area contributed by atoms with Gasteiger partial charge >= 0.3 is 12.1 Å². The first-order valence-electron chi connectivity index (χ1n) is 6.39. The predicted octanol–water partition coefficient (Wildman–Crippen LogP) is 2.19. The van der Waals surface area contributed by atoms with E-state index in [2.05, 4.69) is 0 Å². The summed E-state index contributed by atoms with van der Waals surface area (Å²) in [5.74, 6) is -4.59. The van der Waals surface area contributed by atoms with Gasteiger partial charge in [-0.3, -0.25) is 0 Å². The Bertz CT molecular complexity index is 583. The Morgan fingerprint density at radius 1 is 1.32 bits per heavy atom. The Labute approximate surface area is 125 Å². The van der Waals surface area contributed by atoms with Crippen molar-refractivity contribution < 1.29 is 33.3 Å². The van der Waals surface area contributed by atoms with Gasteiger partial charge in [-0.2, -0.15) is 0 Å². The van der Waals surface area contributed by atoms with Gasteiger partial charge in [0, 0.05) is 12.0 Å². The van der Waals surface area contributed by atoms with Crippen LogP contribution in [0.5, 0.6) is 5.75 Å². The maximum absolute atomic E-state index is 13.7. The second-order valence-corrected chi connectivity index (χ2v) is 5.60. The average Bonchev–Trinajstić information content (AvgIpc) is 2.35. The minimum Gasteiger partial charge on any atom is -0.505 e. The summed E-state index contributed by atoms with van der Waals surface area (Å²) in [5, 5.41) is 20.3. The van der Waals surface area contributed by atoms with E-state index in [-0.39, 0.29) is 0 Å². The van der Waals surface area contributed by atoms with Gasteiger partial charge in [0.2, 0.25) is 0 Å². The van der Waals surface area contributed by atoms with Gasteiger partial charge in [0.1, 0.15) is 17.5 Å². The van der Waals surface area contributed by atoms with E-state index < -0.39 is 53.1 Å². The zero-order valence-corrected chi connectivity index (χ0v) is 12.3. The molecule has 0 radical (unpaired) electrons. The summed E-state index contributed by atoms with van der Waals surface area (Å²) < 4.78 is 32.1. The number of phenolic OH excluding ortho intramolecular Hbond substituents is 1. The average molecular weight is 317 g/mol. The smallest absolute Gasteiger partial charge is 0.408 e. The first-order valence-corrected chi connectivity index (χ1v) is 6.39. The van der Waals surface area contributed by atoms with Gasteiger partial charge < -0.3 is 20.3 Å². The zero-order valence-electron chi connectivity index (χ0n) is 12.3. The second kappa shape index (κ2) is 6.59. The number of nitrogens with one attached hydrogen (secondary N) is 1. The minimum absolute atomic E-state index is 0.636. The molecule has 1 amide bonds. The van der Waals surface area contributed by atoms with Gasteiger partial charge in [0.15, 0.2) is 11.6 Å². The lowest BCUT2D eigenvalue weighted by atomic mass is 10.0. The third kappa shape index (κ3) is 4.87. The molecule has 0 saturated carbocycles. The number of benzene rings is 1. The Kier molecular flexibility index (Phi) is 5.29. The fourth-order valence-corrected chi connectivity index (χ4v) is 1.63. The summed E-state index contributed by atoms with van der Waals surface area (Å²) >= 11 is 0. The summed E-state index contributed by atoms with van der Waals surface area (Å²) in [6, 6.07) is 0.00593. The first-order chi connectivity index (χ1) is 10.0. The Hall–Kier alpha value is -2.38. The number of halogens is 2. The molecule has 1 aromatic rings. The maximum atomic E-state index is 13.7. The van der Waals surface area contributed by atoms with Gasteiger partial charge in [0.05, 0.1) is 0 Å². The van der Waals surface area contributed by atoms with E-state index in [4.69, 9.17) is 9.84 Å². The molecular weight excluding hydrogens is 300 g/mol. The molecule has 1 aromatic carbocycles. The van der Waals surface area contributed by atoms with E-state index >= 15 is 0 Å². The van der Waals surface area contributed by atoms with Gasteiger partial charge in [-0.05, 0) is 32.9 Å². The third-order valence-corrected chi connectivity index (χ3v) is 2.56. The number of carboxylic acids is 1. The molecule has 0 aliphatic carbocycles. The van der Waals surface area contributed by atoms with Crippen molar-refractivity contribution in [1.82, 2.24) is 5.32 Å². The Balaban J connectivity index is 2.93. The quantitative estimate of drug-likeness (QED) is 0.791. The van der Waals surface area contributed by atoms with Crippen molar-refractivity contribution in [2.24, 2.45) is 0 Å². The molecule has 0 aliphatic rings. The summed E-state index contributed by atoms with van der Waals surface area (Å²) in [7, 11) is 0. The zero-order chi connectivity index (χ0) is 17.1. The molecular formula is C14H17F2NO5. The van der Waals surface area contributed by atoms with E-state index in [1.165, 1.54) is 0 Å². The van der Waals surface area contributed by atoms with Gasteiger partial charge in [0.25, 0.3) is 0 Å². The van der Waals surface area contributed by atoms with Crippen molar-refractivity contribution in [2.75, 3.05) is 0 Å². The maximum Gasteiger partial charge on any atom is 0.408 e. The molecule has 0 bridgehead atoms. The number of carbonyl (C=O) groups excluding carboxylic acids is 1. The predicted molar refractivity (Wildman–Crippen MR) is 72.5 cm³/mol. The van der Waals surface area contributed by atoms with E-state index in [9.17, 15) is 23.5 Å². The van der Waals surface area contributed by atoms with Crippen LogP contribution in [0, 0.1) is 11.6 Å². The van der Waals surface area contributed by atoms with Crippen LogP contribution in [0.3, 0.4) is 0 Å². The lowest BCUT2D eigenvalue weighted by Gasteiger charge is -2.22. The number of amides is 1. The molecule has 0 aromatic heterocycles. The molecule has 0 spiro atoms. The van der Waals surface area contributed by atoms with Gasteiger partial charge in [-0.25, -0.2) is 18.4 Å². The van der Waals surface area contributed by atoms with Crippen LogP contribution in [-0.4, -0.2) is 33.9 Å². The number of aromatic hydroxyl groups is 1. The number of hydrogen-bond acceptors (Lipinski definition) is 4. The Morgan fingerprint density at radius 3 is 2.41 bits per heavy atom. The molecule has 0 heterocycles. The highest BCUT2D eigenvalue weighted by Gasteiger charge is 2.27. The topological polar surface area (TPSA) is 95.9 Å². The fourth-order valence-electron chi connectivity index (χ4n) is 1.63. The Morgan fingerprint density at radius 2 is 1.91 bits per heavy atom. The number of carboxylic acid groups (broad SMARTS) is 1. The molecule has 6 nitrogen and oxygen atoms in total. The van der Waals surface area contributed by atoms with E-state index in [1.807, 2.05) is 5.32 Å². The van der Waals surface area contributed by atoms with E-state index in [0.29, 0.717) is 0 Å². The summed E-state index contributed by atoms with van der Waals surface area (Å²) in [5.41, 5.74) is -1.49. The highest BCUT2D eigenvalue weighted by molar-refractivity contribution is 5.80. The SMILES string of the molecule is CC(C)(C)OC(=O)NC(Cc1c(F)ccc(O)c1F)C(=O)O. The number of aliphatic carboxylic acids is 1. The van der Waals surface area contributed by atoms with Crippen molar-refractivity contribution in [1.29, 1.82) is 0 Å². The number of rotatable bonds is 4. The van der Waals surface area contributed by atoms with E-state index in [0.717, 1.165) is 12.1 Å². The molecule has 0 saturated heterocycles. The molecule has 1 unspecified atom stereocenters. The molecule has 1 rings (SSSR count). The van der Waals surface area contributed by atoms with Crippen molar-refractivity contribution in [2.45, 2.75) is 38.8 Å². The van der Waals surface area contributed by atoms with Crippen LogP contribution in [0.15, 0.2) is 12.1 Å². The molecule has 0 aliphatic heterocycles. The standard InChI is InChI=1S/C14H17F2NO5/c1-14(2,3)22-13(21)17-9(12(19)20)6-7-8(15)4-5-10(18)11(7)16/h4-5,9,18H,6H2,1-3H3,(H,17,21)(H,19,20). The second-order valence-electron chi connectivity index (χ2n) is 5.60. The fraction of sp³-hybridized carbons (Fsp3) is 0.429. The monoisotopic (exact) mass is 317 g/mol. The van der Waals surface area contributed by atoms with Crippen molar-refractivity contribution in [3.05, 3.63) is 29.3 Å². The largest absolute Gasteiger partial charge is 0.505 e. The summed E-state index contributed by atoms with van der Waals surface area (Å²) in [4.78, 5) is 22.7. The minimum atomic E-state index is -1.61. The van der Waals surface area contributed by atoms with E-state index in [1.54, 1.807) is 20.8 Å². The van der Waals surface area contributed by atoms with Crippen LogP contribution in [0.25, 0.3) is 0 Å². The number of hydrogen-bond donors (Lipinski definition) is 3. The van der Waals surface area contributed by atoms with Crippen LogP contribution in [0.4, 0.5) is 13.6 Å². The van der Waals surface area contributed by atoms with Crippen LogP contribution >= 0.6 is 0 Å². The number of carbonyl (C=O) groups is 2. The molecule has 22 heavy (non-hydrogen) atoms. The highest BCUT2D eigenvalue weighted by atomic mass is 19.1. The lowest BCUT2D eigenvalue weighted by Crippen LogP contribution is -2.45. The van der Waals surface area contributed by atoms with Crippen molar-refractivity contribution >= 4 is 12.1 Å². The summed E-state index contributed by atoms with van der Waals surface area (Å²) in [6.45, 7) is 4.74. The third-order valence-electron chi connectivity index (χ3n) is 2.56. The van der Waals surface area contributed by atoms with Crippen molar-refractivity contribution in [3.8, 4) is 5.75 Å². The molecule has 1 atom stereocenters. The highest BCUT2D eigenvalue weighted by Crippen LogP contribution is 2.23. The number of phenols is 1. The normalized spacial score (nSPS) is 12.6. The number of alkyl carbamates (subject to hydrolysis) is 1. The molecule has 122 valence electrons.